The number of nitrogens with one attached hydrogen (secondary N) is 1. The van der Waals surface area contributed by atoms with E-state index in [1.165, 1.54) is 0 Å². The minimum atomic E-state index is -0.530. The van der Waals surface area contributed by atoms with Crippen LogP contribution in [0.4, 0.5) is 5.69 Å². The third-order valence-electron chi connectivity index (χ3n) is 6.29. The van der Waals surface area contributed by atoms with E-state index in [0.717, 1.165) is 24.1 Å². The SMILES string of the molecule is Cc1cnc2c(NC(=O)c3cn4cc([C@]56COC(CCO5)C6)nc4cc3OC(C)C)cnn2c1. The third-order valence-corrected chi connectivity index (χ3v) is 6.29. The number of nitrogens with zero attached hydrogens (tertiary/aromatic N) is 5. The lowest BCUT2D eigenvalue weighted by molar-refractivity contribution is -0.0597. The van der Waals surface area contributed by atoms with Gasteiger partial charge in [-0.2, -0.15) is 5.10 Å². The summed E-state index contributed by atoms with van der Waals surface area (Å²) in [5.74, 6) is 0.140. The molecule has 0 aromatic carbocycles. The molecule has 1 amide bonds. The van der Waals surface area contributed by atoms with Gasteiger partial charge in [0.25, 0.3) is 5.91 Å². The van der Waals surface area contributed by atoms with E-state index < -0.39 is 5.60 Å². The predicted molar refractivity (Wildman–Crippen MR) is 123 cm³/mol. The topological polar surface area (TPSA) is 104 Å². The molecule has 2 atom stereocenters. The summed E-state index contributed by atoms with van der Waals surface area (Å²) in [5.41, 5.74) is 3.42. The Morgan fingerprint density at radius 3 is 3.03 bits per heavy atom. The monoisotopic (exact) mass is 462 g/mol. The van der Waals surface area contributed by atoms with E-state index in [4.69, 9.17) is 19.2 Å². The zero-order chi connectivity index (χ0) is 23.4. The number of amides is 1. The van der Waals surface area contributed by atoms with Gasteiger partial charge in [-0.25, -0.2) is 14.5 Å². The van der Waals surface area contributed by atoms with E-state index in [0.29, 0.717) is 41.5 Å². The molecule has 2 aliphatic heterocycles. The van der Waals surface area contributed by atoms with Gasteiger partial charge in [0.05, 0.1) is 42.9 Å². The number of aromatic nitrogens is 5. The Labute approximate surface area is 195 Å². The Balaban J connectivity index is 1.38. The summed E-state index contributed by atoms with van der Waals surface area (Å²) >= 11 is 0. The summed E-state index contributed by atoms with van der Waals surface area (Å²) < 4.78 is 21.5. The van der Waals surface area contributed by atoms with Crippen LogP contribution in [-0.2, 0) is 15.1 Å². The van der Waals surface area contributed by atoms with Crippen molar-refractivity contribution >= 4 is 22.9 Å². The zero-order valence-corrected chi connectivity index (χ0v) is 19.3. The molecular weight excluding hydrogens is 436 g/mol. The maximum Gasteiger partial charge on any atom is 0.261 e. The maximum atomic E-state index is 13.4. The number of rotatable bonds is 5. The van der Waals surface area contributed by atoms with Gasteiger partial charge in [0.2, 0.25) is 0 Å². The van der Waals surface area contributed by atoms with Gasteiger partial charge < -0.3 is 23.9 Å². The Kier molecular flexibility index (Phi) is 4.82. The molecular formula is C24H26N6O4. The van der Waals surface area contributed by atoms with Crippen molar-refractivity contribution in [3.05, 3.63) is 53.9 Å². The van der Waals surface area contributed by atoms with Crippen LogP contribution in [0.2, 0.25) is 0 Å². The second-order valence-corrected chi connectivity index (χ2v) is 9.29. The first kappa shape index (κ1) is 21.1. The molecule has 34 heavy (non-hydrogen) atoms. The molecule has 2 fully saturated rings. The van der Waals surface area contributed by atoms with Crippen LogP contribution in [-0.4, -0.2) is 55.3 Å². The highest BCUT2D eigenvalue weighted by Gasteiger charge is 2.47. The van der Waals surface area contributed by atoms with Crippen LogP contribution in [0, 0.1) is 6.92 Å². The van der Waals surface area contributed by atoms with Crippen LogP contribution in [0.5, 0.6) is 5.75 Å². The average molecular weight is 463 g/mol. The third kappa shape index (κ3) is 3.50. The first-order valence-electron chi connectivity index (χ1n) is 11.5. The highest BCUT2D eigenvalue weighted by Crippen LogP contribution is 2.42. The van der Waals surface area contributed by atoms with Crippen molar-refractivity contribution < 1.29 is 19.0 Å². The maximum absolute atomic E-state index is 13.4. The molecule has 0 aliphatic carbocycles. The second-order valence-electron chi connectivity index (χ2n) is 9.29. The fourth-order valence-electron chi connectivity index (χ4n) is 4.67. The van der Waals surface area contributed by atoms with Crippen molar-refractivity contribution in [2.75, 3.05) is 18.5 Å². The average Bonchev–Trinajstić information content (AvgIpc) is 3.48. The van der Waals surface area contributed by atoms with E-state index in [2.05, 4.69) is 15.4 Å². The molecule has 2 bridgehead atoms. The minimum absolute atomic E-state index is 0.116. The van der Waals surface area contributed by atoms with Gasteiger partial charge >= 0.3 is 0 Å². The Hall–Kier alpha value is -3.50. The molecule has 0 radical (unpaired) electrons. The van der Waals surface area contributed by atoms with Gasteiger partial charge in [0.1, 0.15) is 22.7 Å². The number of ether oxygens (including phenoxy) is 3. The molecule has 1 unspecified atom stereocenters. The lowest BCUT2D eigenvalue weighted by Gasteiger charge is -2.29. The first-order valence-corrected chi connectivity index (χ1v) is 11.5. The highest BCUT2D eigenvalue weighted by molar-refractivity contribution is 6.07. The fourth-order valence-corrected chi connectivity index (χ4v) is 4.67. The Bertz CT molecular complexity index is 1410. The van der Waals surface area contributed by atoms with Crippen molar-refractivity contribution in [1.82, 2.24) is 24.0 Å². The number of aryl methyl sites for hydroxylation is 1. The summed E-state index contributed by atoms with van der Waals surface area (Å²) in [6.45, 7) is 6.93. The molecule has 176 valence electrons. The van der Waals surface area contributed by atoms with Gasteiger partial charge in [0.15, 0.2) is 5.65 Å². The Morgan fingerprint density at radius 2 is 2.18 bits per heavy atom. The van der Waals surface area contributed by atoms with Gasteiger partial charge in [-0.3, -0.25) is 4.79 Å². The van der Waals surface area contributed by atoms with Crippen molar-refractivity contribution in [3.63, 3.8) is 0 Å². The minimum Gasteiger partial charge on any atom is -0.490 e. The second kappa shape index (κ2) is 7.78. The normalized spacial score (nSPS) is 22.1. The van der Waals surface area contributed by atoms with Crippen molar-refractivity contribution in [2.45, 2.75) is 51.4 Å². The van der Waals surface area contributed by atoms with E-state index in [-0.39, 0.29) is 18.1 Å². The molecule has 6 heterocycles. The van der Waals surface area contributed by atoms with E-state index in [1.54, 1.807) is 29.2 Å². The number of fused-ring (bicyclic) bond motifs is 4. The summed E-state index contributed by atoms with van der Waals surface area (Å²) in [7, 11) is 0. The Morgan fingerprint density at radius 1 is 1.29 bits per heavy atom. The van der Waals surface area contributed by atoms with Crippen LogP contribution >= 0.6 is 0 Å². The first-order chi connectivity index (χ1) is 16.4. The quantitative estimate of drug-likeness (QED) is 0.486. The molecule has 2 aliphatic rings. The van der Waals surface area contributed by atoms with E-state index in [1.807, 2.05) is 37.6 Å². The number of carbonyl (C=O) groups excluding carboxylic acids is 1. The molecule has 10 heteroatoms. The summed E-state index contributed by atoms with van der Waals surface area (Å²) in [6.07, 6.45) is 10.6. The van der Waals surface area contributed by atoms with Crippen molar-refractivity contribution in [2.24, 2.45) is 0 Å². The largest absolute Gasteiger partial charge is 0.490 e. The molecule has 0 spiro atoms. The van der Waals surface area contributed by atoms with Crippen LogP contribution in [0.15, 0.2) is 37.1 Å². The number of anilines is 1. The van der Waals surface area contributed by atoms with Gasteiger partial charge in [-0.15, -0.1) is 0 Å². The predicted octanol–water partition coefficient (Wildman–Crippen LogP) is 3.13. The number of pyridine rings is 1. The van der Waals surface area contributed by atoms with Crippen LogP contribution in [0.3, 0.4) is 0 Å². The van der Waals surface area contributed by atoms with E-state index in [9.17, 15) is 4.79 Å². The summed E-state index contributed by atoms with van der Waals surface area (Å²) in [5, 5.41) is 7.22. The molecule has 6 rings (SSSR count). The lowest BCUT2D eigenvalue weighted by atomic mass is 9.93. The van der Waals surface area contributed by atoms with E-state index >= 15 is 0 Å². The fraction of sp³-hybridized carbons (Fsp3) is 0.417. The smallest absolute Gasteiger partial charge is 0.261 e. The molecule has 10 nitrogen and oxygen atoms in total. The zero-order valence-electron chi connectivity index (χ0n) is 19.3. The molecule has 4 aromatic heterocycles. The molecule has 1 N–H and O–H groups in total. The molecule has 2 saturated heterocycles. The number of carbonyl (C=O) groups is 1. The summed E-state index contributed by atoms with van der Waals surface area (Å²) in [4.78, 5) is 22.6. The van der Waals surface area contributed by atoms with Gasteiger partial charge in [-0.1, -0.05) is 0 Å². The van der Waals surface area contributed by atoms with Gasteiger partial charge in [0, 0.05) is 37.3 Å². The van der Waals surface area contributed by atoms with Gasteiger partial charge in [-0.05, 0) is 32.8 Å². The van der Waals surface area contributed by atoms with Crippen LogP contribution in [0.25, 0.3) is 11.3 Å². The number of hydrogen-bond donors (Lipinski definition) is 1. The lowest BCUT2D eigenvalue weighted by Crippen LogP contribution is -2.34. The van der Waals surface area contributed by atoms with Crippen LogP contribution < -0.4 is 10.1 Å². The highest BCUT2D eigenvalue weighted by atomic mass is 16.6. The summed E-state index contributed by atoms with van der Waals surface area (Å²) in [6, 6.07) is 1.79. The standard InChI is InChI=1S/C24H26N6O4/c1-14(2)34-19-6-21-28-20(24-7-16(32-13-24)4-5-33-24)12-29(21)11-17(19)23(31)27-18-9-26-30-10-15(3)8-25-22(18)30/h6,8-12,14,16H,4-5,7,13H2,1-3H3,(H,27,31)/t16?,24-/m0/s1. The molecule has 0 saturated carbocycles. The van der Waals surface area contributed by atoms with Crippen molar-refractivity contribution in [1.29, 1.82) is 0 Å². The van der Waals surface area contributed by atoms with Crippen molar-refractivity contribution in [3.8, 4) is 5.75 Å². The molecule has 4 aromatic rings. The number of imidazole rings is 1. The number of hydrogen-bond acceptors (Lipinski definition) is 7. The van der Waals surface area contributed by atoms with Crippen LogP contribution in [0.1, 0.15) is 48.3 Å².